The van der Waals surface area contributed by atoms with Gasteiger partial charge in [-0.25, -0.2) is 4.79 Å². The summed E-state index contributed by atoms with van der Waals surface area (Å²) in [7, 11) is 2.14. The van der Waals surface area contributed by atoms with Gasteiger partial charge >= 0.3 is 5.97 Å². The van der Waals surface area contributed by atoms with E-state index in [9.17, 15) is 4.79 Å². The minimum absolute atomic E-state index is 0.341. The Balaban J connectivity index is 2.19. The molecule has 17 heavy (non-hydrogen) atoms. The zero-order valence-electron chi connectivity index (χ0n) is 9.82. The molecular weight excluding hydrogens is 282 g/mol. The molecule has 2 rings (SSSR count). The summed E-state index contributed by atoms with van der Waals surface area (Å²) in [4.78, 5) is 13.2. The summed E-state index contributed by atoms with van der Waals surface area (Å²) in [5.74, 6) is -0.330. The summed E-state index contributed by atoms with van der Waals surface area (Å²) in [6.45, 7) is 2.22. The first-order valence-electron chi connectivity index (χ1n) is 5.79. The zero-order chi connectivity index (χ0) is 12.4. The second-order valence-electron chi connectivity index (χ2n) is 4.62. The molecule has 1 aliphatic rings. The highest BCUT2D eigenvalue weighted by Crippen LogP contribution is 2.33. The van der Waals surface area contributed by atoms with Gasteiger partial charge in [0, 0.05) is 4.47 Å². The predicted octanol–water partition coefficient (Wildman–Crippen LogP) is 2.96. The Morgan fingerprint density at radius 1 is 1.41 bits per heavy atom. The highest BCUT2D eigenvalue weighted by molar-refractivity contribution is 9.10. The van der Waals surface area contributed by atoms with Crippen LogP contribution in [0.2, 0.25) is 0 Å². The first kappa shape index (κ1) is 12.6. The second kappa shape index (κ2) is 5.19. The molecule has 92 valence electrons. The van der Waals surface area contributed by atoms with Crippen LogP contribution in [-0.2, 0) is 0 Å². The Morgan fingerprint density at radius 3 is 2.59 bits per heavy atom. The lowest BCUT2D eigenvalue weighted by atomic mass is 9.89. The van der Waals surface area contributed by atoms with Crippen LogP contribution in [0.3, 0.4) is 0 Å². The average Bonchev–Trinajstić information content (AvgIpc) is 2.30. The standard InChI is InChI=1S/C13H16BrNO2/c1-15-6-4-9(5-7-15)11-3-2-10(13(16)17)8-12(11)14/h2-3,8-9H,4-7H2,1H3,(H,16,17). The SMILES string of the molecule is CN1CCC(c2ccc(C(=O)O)cc2Br)CC1. The van der Waals surface area contributed by atoms with Crippen LogP contribution < -0.4 is 0 Å². The van der Waals surface area contributed by atoms with E-state index in [1.54, 1.807) is 12.1 Å². The summed E-state index contributed by atoms with van der Waals surface area (Å²) < 4.78 is 0.923. The van der Waals surface area contributed by atoms with Gasteiger partial charge in [0.15, 0.2) is 0 Å². The van der Waals surface area contributed by atoms with E-state index in [0.29, 0.717) is 11.5 Å². The molecule has 0 saturated carbocycles. The van der Waals surface area contributed by atoms with Gasteiger partial charge < -0.3 is 10.0 Å². The summed E-state index contributed by atoms with van der Waals surface area (Å²) in [5.41, 5.74) is 1.58. The Labute approximate surface area is 110 Å². The molecule has 0 atom stereocenters. The van der Waals surface area contributed by atoms with Crippen LogP contribution in [0.4, 0.5) is 0 Å². The molecule has 1 N–H and O–H groups in total. The molecule has 1 aromatic rings. The third-order valence-electron chi connectivity index (χ3n) is 3.41. The zero-order valence-corrected chi connectivity index (χ0v) is 11.4. The fraction of sp³-hybridized carbons (Fsp3) is 0.462. The summed E-state index contributed by atoms with van der Waals surface area (Å²) >= 11 is 3.49. The number of piperidine rings is 1. The van der Waals surface area contributed by atoms with Crippen molar-refractivity contribution >= 4 is 21.9 Å². The molecule has 0 unspecified atom stereocenters. The van der Waals surface area contributed by atoms with E-state index < -0.39 is 5.97 Å². The molecule has 0 amide bonds. The number of benzene rings is 1. The van der Waals surface area contributed by atoms with Gasteiger partial charge in [0.1, 0.15) is 0 Å². The summed E-state index contributed by atoms with van der Waals surface area (Å²) in [6.07, 6.45) is 2.28. The quantitative estimate of drug-likeness (QED) is 0.912. The van der Waals surface area contributed by atoms with Crippen LogP contribution in [0.25, 0.3) is 0 Å². The van der Waals surface area contributed by atoms with Gasteiger partial charge in [-0.3, -0.25) is 0 Å². The number of nitrogens with zero attached hydrogens (tertiary/aromatic N) is 1. The van der Waals surface area contributed by atoms with Crippen molar-refractivity contribution in [2.75, 3.05) is 20.1 Å². The Hall–Kier alpha value is -0.870. The topological polar surface area (TPSA) is 40.5 Å². The molecule has 0 spiro atoms. The molecule has 0 radical (unpaired) electrons. The number of carboxylic acids is 1. The minimum Gasteiger partial charge on any atom is -0.478 e. The van der Waals surface area contributed by atoms with Crippen LogP contribution in [-0.4, -0.2) is 36.1 Å². The molecule has 1 aliphatic heterocycles. The van der Waals surface area contributed by atoms with E-state index in [1.165, 1.54) is 5.56 Å². The van der Waals surface area contributed by atoms with Crippen molar-refractivity contribution < 1.29 is 9.90 Å². The molecule has 1 fully saturated rings. The maximum Gasteiger partial charge on any atom is 0.335 e. The van der Waals surface area contributed by atoms with Crippen molar-refractivity contribution in [3.8, 4) is 0 Å². The first-order chi connectivity index (χ1) is 8.08. The molecule has 3 nitrogen and oxygen atoms in total. The molecular formula is C13H16BrNO2. The Bertz CT molecular complexity index is 425. The van der Waals surface area contributed by atoms with Crippen LogP contribution in [0.15, 0.2) is 22.7 Å². The summed E-state index contributed by atoms with van der Waals surface area (Å²) in [5, 5.41) is 8.92. The third kappa shape index (κ3) is 2.87. The maximum absolute atomic E-state index is 10.9. The lowest BCUT2D eigenvalue weighted by Crippen LogP contribution is -2.29. The predicted molar refractivity (Wildman–Crippen MR) is 70.6 cm³/mol. The fourth-order valence-electron chi connectivity index (χ4n) is 2.31. The molecule has 1 saturated heterocycles. The van der Waals surface area contributed by atoms with Crippen molar-refractivity contribution in [1.29, 1.82) is 0 Å². The monoisotopic (exact) mass is 297 g/mol. The number of aromatic carboxylic acids is 1. The van der Waals surface area contributed by atoms with Gasteiger partial charge in [-0.15, -0.1) is 0 Å². The summed E-state index contributed by atoms with van der Waals surface area (Å²) in [6, 6.07) is 5.35. The van der Waals surface area contributed by atoms with Gasteiger partial charge in [-0.1, -0.05) is 22.0 Å². The van der Waals surface area contributed by atoms with Crippen molar-refractivity contribution in [3.63, 3.8) is 0 Å². The van der Waals surface area contributed by atoms with Gasteiger partial charge in [-0.05, 0) is 56.6 Å². The highest BCUT2D eigenvalue weighted by Gasteiger charge is 2.20. The molecule has 1 heterocycles. The number of carboxylic acid groups (broad SMARTS) is 1. The molecule has 4 heteroatoms. The Morgan fingerprint density at radius 2 is 2.06 bits per heavy atom. The number of likely N-dealkylation sites (tertiary alicyclic amines) is 1. The molecule has 0 aromatic heterocycles. The van der Waals surface area contributed by atoms with E-state index in [0.717, 1.165) is 30.4 Å². The lowest BCUT2D eigenvalue weighted by molar-refractivity contribution is 0.0697. The first-order valence-corrected chi connectivity index (χ1v) is 6.58. The average molecular weight is 298 g/mol. The number of carbonyl (C=O) groups is 1. The van der Waals surface area contributed by atoms with Gasteiger partial charge in [-0.2, -0.15) is 0 Å². The van der Waals surface area contributed by atoms with Crippen LogP contribution in [0.5, 0.6) is 0 Å². The molecule has 0 aliphatic carbocycles. The van der Waals surface area contributed by atoms with Crippen LogP contribution in [0.1, 0.15) is 34.7 Å². The number of hydrogen-bond acceptors (Lipinski definition) is 2. The van der Waals surface area contributed by atoms with E-state index in [4.69, 9.17) is 5.11 Å². The fourth-order valence-corrected chi connectivity index (χ4v) is 3.01. The van der Waals surface area contributed by atoms with E-state index in [2.05, 4.69) is 27.9 Å². The Kier molecular flexibility index (Phi) is 3.84. The minimum atomic E-state index is -0.874. The molecule has 0 bridgehead atoms. The van der Waals surface area contributed by atoms with Crippen molar-refractivity contribution in [2.45, 2.75) is 18.8 Å². The number of rotatable bonds is 2. The maximum atomic E-state index is 10.9. The largest absolute Gasteiger partial charge is 0.478 e. The number of hydrogen-bond donors (Lipinski definition) is 1. The van der Waals surface area contributed by atoms with E-state index in [1.807, 2.05) is 6.07 Å². The van der Waals surface area contributed by atoms with Crippen molar-refractivity contribution in [3.05, 3.63) is 33.8 Å². The van der Waals surface area contributed by atoms with Crippen LogP contribution >= 0.6 is 15.9 Å². The van der Waals surface area contributed by atoms with Gasteiger partial charge in [0.25, 0.3) is 0 Å². The van der Waals surface area contributed by atoms with Crippen molar-refractivity contribution in [2.24, 2.45) is 0 Å². The second-order valence-corrected chi connectivity index (χ2v) is 5.47. The van der Waals surface area contributed by atoms with Gasteiger partial charge in [0.05, 0.1) is 5.56 Å². The van der Waals surface area contributed by atoms with Gasteiger partial charge in [0.2, 0.25) is 0 Å². The number of halogens is 1. The van der Waals surface area contributed by atoms with E-state index >= 15 is 0 Å². The lowest BCUT2D eigenvalue weighted by Gasteiger charge is -2.29. The van der Waals surface area contributed by atoms with Crippen molar-refractivity contribution in [1.82, 2.24) is 4.90 Å². The van der Waals surface area contributed by atoms with E-state index in [-0.39, 0.29) is 0 Å². The normalized spacial score (nSPS) is 18.2. The van der Waals surface area contributed by atoms with Crippen LogP contribution in [0, 0.1) is 0 Å². The highest BCUT2D eigenvalue weighted by atomic mass is 79.9. The third-order valence-corrected chi connectivity index (χ3v) is 4.09. The molecule has 1 aromatic carbocycles. The smallest absolute Gasteiger partial charge is 0.335 e.